The molecule has 0 radical (unpaired) electrons. The van der Waals surface area contributed by atoms with Gasteiger partial charge in [-0.25, -0.2) is 0 Å². The minimum atomic E-state index is -0.119. The molecule has 0 saturated heterocycles. The Bertz CT molecular complexity index is 438. The van der Waals surface area contributed by atoms with Crippen molar-refractivity contribution < 1.29 is 9.53 Å². The van der Waals surface area contributed by atoms with E-state index in [1.165, 1.54) is 0 Å². The summed E-state index contributed by atoms with van der Waals surface area (Å²) in [5.41, 5.74) is 6.27. The fourth-order valence-electron chi connectivity index (χ4n) is 1.35. The zero-order chi connectivity index (χ0) is 13.7. The highest BCUT2D eigenvalue weighted by molar-refractivity contribution is 6.35. The standard InChI is InChI=1S/C12H16Cl2N2O2/c1-3-16(2)11(17)7-18-12-8(6-15)4-9(13)5-10(12)14/h4-5H,3,6-7,15H2,1-2H3. The average Bonchev–Trinajstić information content (AvgIpc) is 2.35. The van der Waals surface area contributed by atoms with Gasteiger partial charge in [-0.15, -0.1) is 0 Å². The lowest BCUT2D eigenvalue weighted by molar-refractivity contribution is -0.131. The Morgan fingerprint density at radius 1 is 1.44 bits per heavy atom. The highest BCUT2D eigenvalue weighted by Crippen LogP contribution is 2.32. The van der Waals surface area contributed by atoms with Gasteiger partial charge in [0.05, 0.1) is 5.02 Å². The Morgan fingerprint density at radius 2 is 2.11 bits per heavy atom. The molecule has 4 nitrogen and oxygen atoms in total. The summed E-state index contributed by atoms with van der Waals surface area (Å²) < 4.78 is 5.44. The molecule has 1 aromatic carbocycles. The van der Waals surface area contributed by atoms with Gasteiger partial charge in [0.1, 0.15) is 5.75 Å². The second-order valence-electron chi connectivity index (χ2n) is 3.78. The van der Waals surface area contributed by atoms with E-state index in [4.69, 9.17) is 33.7 Å². The zero-order valence-corrected chi connectivity index (χ0v) is 11.9. The van der Waals surface area contributed by atoms with Crippen molar-refractivity contribution in [3.8, 4) is 5.75 Å². The molecule has 0 bridgehead atoms. The molecular weight excluding hydrogens is 275 g/mol. The van der Waals surface area contributed by atoms with E-state index in [-0.39, 0.29) is 19.1 Å². The quantitative estimate of drug-likeness (QED) is 0.905. The number of hydrogen-bond acceptors (Lipinski definition) is 3. The maximum Gasteiger partial charge on any atom is 0.260 e. The summed E-state index contributed by atoms with van der Waals surface area (Å²) in [6, 6.07) is 3.24. The Hall–Kier alpha value is -0.970. The predicted molar refractivity (Wildman–Crippen MR) is 73.2 cm³/mol. The van der Waals surface area contributed by atoms with Crippen LogP contribution >= 0.6 is 23.2 Å². The van der Waals surface area contributed by atoms with Crippen LogP contribution in [0, 0.1) is 0 Å². The number of carbonyl (C=O) groups excluding carboxylic acids is 1. The van der Waals surface area contributed by atoms with Crippen LogP contribution in [-0.4, -0.2) is 31.0 Å². The number of amides is 1. The number of ether oxygens (including phenoxy) is 1. The summed E-state index contributed by atoms with van der Waals surface area (Å²) >= 11 is 11.9. The van der Waals surface area contributed by atoms with Crippen LogP contribution in [0.1, 0.15) is 12.5 Å². The minimum Gasteiger partial charge on any atom is -0.482 e. The summed E-state index contributed by atoms with van der Waals surface area (Å²) in [6.45, 7) is 2.69. The van der Waals surface area contributed by atoms with Crippen LogP contribution in [0.25, 0.3) is 0 Å². The number of hydrogen-bond donors (Lipinski definition) is 1. The molecule has 100 valence electrons. The molecule has 0 aliphatic rings. The number of halogens is 2. The monoisotopic (exact) mass is 290 g/mol. The number of carbonyl (C=O) groups is 1. The van der Waals surface area contributed by atoms with Gasteiger partial charge >= 0.3 is 0 Å². The van der Waals surface area contributed by atoms with Gasteiger partial charge in [0.25, 0.3) is 5.91 Å². The molecule has 0 unspecified atom stereocenters. The Kier molecular flexibility index (Phi) is 5.72. The lowest BCUT2D eigenvalue weighted by Crippen LogP contribution is -2.31. The summed E-state index contributed by atoms with van der Waals surface area (Å²) in [5, 5.41) is 0.847. The van der Waals surface area contributed by atoms with E-state index >= 15 is 0 Å². The summed E-state index contributed by atoms with van der Waals surface area (Å²) in [6.07, 6.45) is 0. The third kappa shape index (κ3) is 3.77. The number of benzene rings is 1. The highest BCUT2D eigenvalue weighted by Gasteiger charge is 2.13. The van der Waals surface area contributed by atoms with Gasteiger partial charge < -0.3 is 15.4 Å². The van der Waals surface area contributed by atoms with Crippen molar-refractivity contribution in [2.24, 2.45) is 5.73 Å². The van der Waals surface area contributed by atoms with Gasteiger partial charge in [0.15, 0.2) is 6.61 Å². The van der Waals surface area contributed by atoms with Crippen molar-refractivity contribution >= 4 is 29.1 Å². The largest absolute Gasteiger partial charge is 0.482 e. The normalized spacial score (nSPS) is 10.3. The molecule has 18 heavy (non-hydrogen) atoms. The Balaban J connectivity index is 2.81. The van der Waals surface area contributed by atoms with E-state index in [1.54, 1.807) is 24.1 Å². The number of nitrogens with two attached hydrogens (primary N) is 1. The first-order valence-electron chi connectivity index (χ1n) is 5.54. The van der Waals surface area contributed by atoms with Gasteiger partial charge in [-0.2, -0.15) is 0 Å². The van der Waals surface area contributed by atoms with E-state index in [0.29, 0.717) is 27.9 Å². The number of rotatable bonds is 5. The van der Waals surface area contributed by atoms with E-state index in [1.807, 2.05) is 6.92 Å². The Labute approximate surface area is 117 Å². The van der Waals surface area contributed by atoms with Crippen LogP contribution in [-0.2, 0) is 11.3 Å². The van der Waals surface area contributed by atoms with Gasteiger partial charge in [-0.05, 0) is 19.1 Å². The molecule has 1 aromatic rings. The molecule has 2 N–H and O–H groups in total. The molecule has 0 aromatic heterocycles. The smallest absolute Gasteiger partial charge is 0.260 e. The van der Waals surface area contributed by atoms with Crippen molar-refractivity contribution in [3.05, 3.63) is 27.7 Å². The van der Waals surface area contributed by atoms with Crippen LogP contribution in [0.15, 0.2) is 12.1 Å². The lowest BCUT2D eigenvalue weighted by atomic mass is 10.2. The zero-order valence-electron chi connectivity index (χ0n) is 10.4. The van der Waals surface area contributed by atoms with Gasteiger partial charge in [0.2, 0.25) is 0 Å². The van der Waals surface area contributed by atoms with E-state index < -0.39 is 0 Å². The molecule has 0 atom stereocenters. The highest BCUT2D eigenvalue weighted by atomic mass is 35.5. The average molecular weight is 291 g/mol. The maximum atomic E-state index is 11.6. The van der Waals surface area contributed by atoms with Crippen LogP contribution < -0.4 is 10.5 Å². The fraction of sp³-hybridized carbons (Fsp3) is 0.417. The maximum absolute atomic E-state index is 11.6. The van der Waals surface area contributed by atoms with Crippen molar-refractivity contribution in [2.45, 2.75) is 13.5 Å². The molecule has 0 fully saturated rings. The molecule has 0 spiro atoms. The first-order chi connectivity index (χ1) is 8.49. The first kappa shape index (κ1) is 15.1. The summed E-state index contributed by atoms with van der Waals surface area (Å²) in [4.78, 5) is 13.2. The molecule has 0 saturated carbocycles. The van der Waals surface area contributed by atoms with Crippen molar-refractivity contribution in [1.82, 2.24) is 4.90 Å². The van der Waals surface area contributed by atoms with Crippen LogP contribution in [0.5, 0.6) is 5.75 Å². The van der Waals surface area contributed by atoms with Gasteiger partial charge in [-0.1, -0.05) is 23.2 Å². The Morgan fingerprint density at radius 3 is 2.67 bits per heavy atom. The second-order valence-corrected chi connectivity index (χ2v) is 4.62. The van der Waals surface area contributed by atoms with Crippen molar-refractivity contribution in [3.63, 3.8) is 0 Å². The molecule has 1 rings (SSSR count). The van der Waals surface area contributed by atoms with Crippen molar-refractivity contribution in [1.29, 1.82) is 0 Å². The SMILES string of the molecule is CCN(C)C(=O)COc1c(Cl)cc(Cl)cc1CN. The third-order valence-corrected chi connectivity index (χ3v) is 3.04. The van der Waals surface area contributed by atoms with Crippen LogP contribution in [0.4, 0.5) is 0 Å². The fourth-order valence-corrected chi connectivity index (χ4v) is 1.94. The molecule has 6 heteroatoms. The minimum absolute atomic E-state index is 0.0707. The molecule has 0 aliphatic heterocycles. The number of nitrogens with zero attached hydrogens (tertiary/aromatic N) is 1. The second kappa shape index (κ2) is 6.83. The van der Waals surface area contributed by atoms with Crippen LogP contribution in [0.3, 0.4) is 0 Å². The van der Waals surface area contributed by atoms with Gasteiger partial charge in [0, 0.05) is 30.7 Å². The predicted octanol–water partition coefficient (Wildman–Crippen LogP) is 2.31. The molecule has 0 aliphatic carbocycles. The lowest BCUT2D eigenvalue weighted by Gasteiger charge is -2.17. The molecule has 0 heterocycles. The molecular formula is C12H16Cl2N2O2. The first-order valence-corrected chi connectivity index (χ1v) is 6.30. The third-order valence-electron chi connectivity index (χ3n) is 2.55. The van der Waals surface area contributed by atoms with Gasteiger partial charge in [-0.3, -0.25) is 4.79 Å². The van der Waals surface area contributed by atoms with E-state index in [9.17, 15) is 4.79 Å². The van der Waals surface area contributed by atoms with E-state index in [2.05, 4.69) is 0 Å². The van der Waals surface area contributed by atoms with Crippen molar-refractivity contribution in [2.75, 3.05) is 20.2 Å². The van der Waals surface area contributed by atoms with E-state index in [0.717, 1.165) is 0 Å². The van der Waals surface area contributed by atoms with Crippen LogP contribution in [0.2, 0.25) is 10.0 Å². The number of likely N-dealkylation sites (N-methyl/N-ethyl adjacent to an activating group) is 1. The molecule has 1 amide bonds. The summed E-state index contributed by atoms with van der Waals surface area (Å²) in [5.74, 6) is 0.299. The topological polar surface area (TPSA) is 55.6 Å². The summed E-state index contributed by atoms with van der Waals surface area (Å²) in [7, 11) is 1.71.